The van der Waals surface area contributed by atoms with Gasteiger partial charge in [-0.05, 0) is 60.9 Å². The van der Waals surface area contributed by atoms with Crippen LogP contribution in [0.15, 0.2) is 36.4 Å². The number of aryl methyl sites for hydroxylation is 1. The highest BCUT2D eigenvalue weighted by molar-refractivity contribution is 6.34. The number of nitrogens with zero attached hydrogens (tertiary/aromatic N) is 1. The third-order valence-electron chi connectivity index (χ3n) is 5.80. The van der Waals surface area contributed by atoms with Crippen molar-refractivity contribution in [1.29, 1.82) is 5.41 Å². The van der Waals surface area contributed by atoms with Gasteiger partial charge in [-0.25, -0.2) is 5.06 Å². The summed E-state index contributed by atoms with van der Waals surface area (Å²) in [6, 6.07) is 7.26. The molecule has 7 nitrogen and oxygen atoms in total. The quantitative estimate of drug-likeness (QED) is 0.415. The number of benzene rings is 2. The number of alkyl halides is 3. The Bertz CT molecular complexity index is 1170. The summed E-state index contributed by atoms with van der Waals surface area (Å²) >= 11 is 11.7. The maximum absolute atomic E-state index is 13.9. The third kappa shape index (κ3) is 6.00. The standard InChI is InChI=1S/C24H24Cl2F3N3O4/c1-3-32-21(33)10-18(36-32)12-31-22(34)19-5-4-14(6-13(19)2)20(30)11-23(35,24(27,28)29)15-7-16(25)9-17(26)8-15/h4-9,18,30,35H,3,10-12H2,1-2H3,(H,31,34). The minimum Gasteiger partial charge on any atom is -0.376 e. The second-order valence-electron chi connectivity index (χ2n) is 8.43. The number of rotatable bonds is 8. The number of hydrogen-bond donors (Lipinski definition) is 3. The Balaban J connectivity index is 1.75. The molecule has 2 atom stereocenters. The van der Waals surface area contributed by atoms with E-state index in [0.29, 0.717) is 12.1 Å². The molecule has 2 aromatic rings. The summed E-state index contributed by atoms with van der Waals surface area (Å²) in [5.74, 6) is -0.633. The van der Waals surface area contributed by atoms with Gasteiger partial charge in [0, 0.05) is 40.8 Å². The lowest BCUT2D eigenvalue weighted by Crippen LogP contribution is -2.44. The summed E-state index contributed by atoms with van der Waals surface area (Å²) in [5, 5.41) is 22.6. The fraction of sp³-hybridized carbons (Fsp3) is 0.375. The van der Waals surface area contributed by atoms with E-state index in [1.807, 2.05) is 0 Å². The molecule has 12 heteroatoms. The molecule has 1 fully saturated rings. The van der Waals surface area contributed by atoms with E-state index in [1.54, 1.807) is 13.8 Å². The molecule has 36 heavy (non-hydrogen) atoms. The van der Waals surface area contributed by atoms with Crippen molar-refractivity contribution in [2.75, 3.05) is 13.1 Å². The van der Waals surface area contributed by atoms with Gasteiger partial charge in [0.15, 0.2) is 5.60 Å². The zero-order chi connectivity index (χ0) is 26.8. The van der Waals surface area contributed by atoms with Gasteiger partial charge in [0.1, 0.15) is 6.10 Å². The van der Waals surface area contributed by atoms with E-state index in [9.17, 15) is 27.9 Å². The number of aliphatic hydroxyl groups is 1. The van der Waals surface area contributed by atoms with Crippen LogP contribution in [0.2, 0.25) is 10.0 Å². The number of carbonyl (C=O) groups excluding carboxylic acids is 2. The Kier molecular flexibility index (Phi) is 8.34. The highest BCUT2D eigenvalue weighted by Gasteiger charge is 2.55. The second kappa shape index (κ2) is 10.8. The van der Waals surface area contributed by atoms with Crippen molar-refractivity contribution in [1.82, 2.24) is 10.4 Å². The molecule has 1 saturated heterocycles. The van der Waals surface area contributed by atoms with Crippen LogP contribution in [0.25, 0.3) is 0 Å². The van der Waals surface area contributed by atoms with Crippen molar-refractivity contribution in [3.63, 3.8) is 0 Å². The number of halogens is 5. The molecular weight excluding hydrogens is 522 g/mol. The maximum atomic E-state index is 13.9. The smallest absolute Gasteiger partial charge is 0.376 e. The van der Waals surface area contributed by atoms with Crippen LogP contribution in [0.3, 0.4) is 0 Å². The predicted octanol–water partition coefficient (Wildman–Crippen LogP) is 4.79. The number of carbonyl (C=O) groups is 2. The molecule has 1 aliphatic rings. The summed E-state index contributed by atoms with van der Waals surface area (Å²) in [6.07, 6.45) is -6.57. The van der Waals surface area contributed by atoms with Crippen LogP contribution in [0, 0.1) is 12.3 Å². The van der Waals surface area contributed by atoms with Gasteiger partial charge in [0.05, 0.1) is 6.42 Å². The highest BCUT2D eigenvalue weighted by Crippen LogP contribution is 2.43. The van der Waals surface area contributed by atoms with Crippen LogP contribution in [0.5, 0.6) is 0 Å². The largest absolute Gasteiger partial charge is 0.421 e. The Morgan fingerprint density at radius 1 is 1.22 bits per heavy atom. The summed E-state index contributed by atoms with van der Waals surface area (Å²) < 4.78 is 41.8. The van der Waals surface area contributed by atoms with Crippen molar-refractivity contribution in [2.24, 2.45) is 0 Å². The number of amides is 2. The summed E-state index contributed by atoms with van der Waals surface area (Å²) in [4.78, 5) is 29.8. The van der Waals surface area contributed by atoms with E-state index in [2.05, 4.69) is 5.32 Å². The van der Waals surface area contributed by atoms with E-state index < -0.39 is 41.5 Å². The Morgan fingerprint density at radius 2 is 1.86 bits per heavy atom. The lowest BCUT2D eigenvalue weighted by Gasteiger charge is -2.31. The minimum absolute atomic E-state index is 0.0901. The minimum atomic E-state index is -5.13. The van der Waals surface area contributed by atoms with E-state index in [0.717, 1.165) is 12.1 Å². The number of hydrogen-bond acceptors (Lipinski definition) is 5. The zero-order valence-corrected chi connectivity index (χ0v) is 20.9. The molecule has 2 aromatic carbocycles. The van der Waals surface area contributed by atoms with E-state index in [1.165, 1.54) is 29.3 Å². The Morgan fingerprint density at radius 3 is 2.39 bits per heavy atom. The lowest BCUT2D eigenvalue weighted by molar-refractivity contribution is -0.263. The maximum Gasteiger partial charge on any atom is 0.421 e. The lowest BCUT2D eigenvalue weighted by atomic mass is 9.85. The first-order valence-electron chi connectivity index (χ1n) is 10.9. The van der Waals surface area contributed by atoms with Gasteiger partial charge < -0.3 is 15.8 Å². The van der Waals surface area contributed by atoms with Crippen LogP contribution in [-0.2, 0) is 15.2 Å². The highest BCUT2D eigenvalue weighted by atomic mass is 35.5. The van der Waals surface area contributed by atoms with Crippen LogP contribution in [-0.4, -0.2) is 53.1 Å². The molecule has 3 rings (SSSR count). The predicted molar refractivity (Wildman–Crippen MR) is 128 cm³/mol. The van der Waals surface area contributed by atoms with Gasteiger partial charge in [0.25, 0.3) is 5.91 Å². The first kappa shape index (κ1) is 27.9. The molecule has 0 aromatic heterocycles. The molecule has 0 bridgehead atoms. The van der Waals surface area contributed by atoms with Crippen molar-refractivity contribution in [3.8, 4) is 0 Å². The number of hydroxylamine groups is 2. The molecule has 1 aliphatic heterocycles. The van der Waals surface area contributed by atoms with E-state index >= 15 is 0 Å². The van der Waals surface area contributed by atoms with Gasteiger partial charge in [-0.15, -0.1) is 0 Å². The summed E-state index contributed by atoms with van der Waals surface area (Å²) in [5.41, 5.74) is -3.74. The van der Waals surface area contributed by atoms with Crippen molar-refractivity contribution in [2.45, 2.75) is 44.6 Å². The third-order valence-corrected chi connectivity index (χ3v) is 6.23. The van der Waals surface area contributed by atoms with Gasteiger partial charge in [-0.1, -0.05) is 29.3 Å². The molecule has 0 aliphatic carbocycles. The van der Waals surface area contributed by atoms with E-state index in [-0.39, 0.29) is 40.0 Å². The molecule has 1 heterocycles. The molecule has 0 spiro atoms. The van der Waals surface area contributed by atoms with Crippen molar-refractivity contribution < 1.29 is 32.7 Å². The SMILES string of the molecule is CCN1OC(CNC(=O)c2ccc(C(=N)CC(O)(c3cc(Cl)cc(Cl)c3)C(F)(F)F)cc2C)CC1=O. The van der Waals surface area contributed by atoms with Crippen LogP contribution in [0.4, 0.5) is 13.2 Å². The number of nitrogens with one attached hydrogen (secondary N) is 2. The fourth-order valence-electron chi connectivity index (χ4n) is 3.86. The average Bonchev–Trinajstić information content (AvgIpc) is 3.15. The van der Waals surface area contributed by atoms with Gasteiger partial charge >= 0.3 is 6.18 Å². The summed E-state index contributed by atoms with van der Waals surface area (Å²) in [7, 11) is 0. The normalized spacial score (nSPS) is 17.7. The second-order valence-corrected chi connectivity index (χ2v) is 9.30. The fourth-order valence-corrected chi connectivity index (χ4v) is 4.38. The Hall–Kier alpha value is -2.66. The molecular formula is C24H24Cl2F3N3O4. The van der Waals surface area contributed by atoms with Crippen LogP contribution < -0.4 is 5.32 Å². The van der Waals surface area contributed by atoms with Crippen molar-refractivity contribution >= 4 is 40.7 Å². The molecule has 2 unspecified atom stereocenters. The van der Waals surface area contributed by atoms with Crippen molar-refractivity contribution in [3.05, 3.63) is 68.7 Å². The van der Waals surface area contributed by atoms with Crippen LogP contribution in [0.1, 0.15) is 46.8 Å². The molecule has 0 saturated carbocycles. The first-order valence-corrected chi connectivity index (χ1v) is 11.7. The summed E-state index contributed by atoms with van der Waals surface area (Å²) in [6.45, 7) is 3.83. The molecule has 3 N–H and O–H groups in total. The van der Waals surface area contributed by atoms with Gasteiger partial charge in [-0.2, -0.15) is 13.2 Å². The first-order chi connectivity index (χ1) is 16.7. The molecule has 2 amide bonds. The topological polar surface area (TPSA) is 103 Å². The molecule has 194 valence electrons. The van der Waals surface area contributed by atoms with Gasteiger partial charge in [-0.3, -0.25) is 14.4 Å². The molecule has 0 radical (unpaired) electrons. The average molecular weight is 546 g/mol. The monoisotopic (exact) mass is 545 g/mol. The van der Waals surface area contributed by atoms with Gasteiger partial charge in [0.2, 0.25) is 5.91 Å². The zero-order valence-electron chi connectivity index (χ0n) is 19.4. The Labute approximate surface area is 215 Å². The van der Waals surface area contributed by atoms with E-state index in [4.69, 9.17) is 33.4 Å². The van der Waals surface area contributed by atoms with Crippen LogP contribution >= 0.6 is 23.2 Å².